The maximum atomic E-state index is 11.0. The van der Waals surface area contributed by atoms with Gasteiger partial charge in [0.15, 0.2) is 0 Å². The molecule has 21 heavy (non-hydrogen) atoms. The summed E-state index contributed by atoms with van der Waals surface area (Å²) in [5, 5.41) is 20.2. The third-order valence-corrected chi connectivity index (χ3v) is 3.21. The van der Waals surface area contributed by atoms with E-state index in [9.17, 15) is 15.2 Å². The van der Waals surface area contributed by atoms with Gasteiger partial charge in [-0.05, 0) is 24.1 Å². The van der Waals surface area contributed by atoms with Crippen molar-refractivity contribution in [2.75, 3.05) is 18.1 Å². The fourth-order valence-corrected chi connectivity index (χ4v) is 2.25. The fourth-order valence-electron chi connectivity index (χ4n) is 2.25. The lowest BCUT2D eigenvalue weighted by Gasteiger charge is -2.24. The smallest absolute Gasteiger partial charge is 0.271 e. The molecule has 0 aliphatic rings. The van der Waals surface area contributed by atoms with Crippen LogP contribution in [-0.4, -0.2) is 23.2 Å². The number of aliphatic hydroxyl groups excluding tert-OH is 1. The molecule has 0 saturated carbocycles. The number of rotatable bonds is 6. The van der Waals surface area contributed by atoms with Crippen LogP contribution in [0.4, 0.5) is 11.4 Å². The third-order valence-electron chi connectivity index (χ3n) is 3.21. The highest BCUT2D eigenvalue weighted by Gasteiger charge is 2.13. The number of nitrogens with zero attached hydrogens (tertiary/aromatic N) is 2. The molecule has 5 heteroatoms. The molecule has 5 nitrogen and oxygen atoms in total. The van der Waals surface area contributed by atoms with Crippen molar-refractivity contribution in [1.82, 2.24) is 0 Å². The van der Waals surface area contributed by atoms with Gasteiger partial charge in [0.25, 0.3) is 5.69 Å². The summed E-state index contributed by atoms with van der Waals surface area (Å²) < 4.78 is 0. The number of nitro benzene ring substituents is 1. The van der Waals surface area contributed by atoms with Gasteiger partial charge < -0.3 is 10.0 Å². The summed E-state index contributed by atoms with van der Waals surface area (Å²) >= 11 is 0. The molecule has 0 saturated heterocycles. The van der Waals surface area contributed by atoms with Gasteiger partial charge in [-0.2, -0.15) is 0 Å². The zero-order valence-electron chi connectivity index (χ0n) is 11.9. The summed E-state index contributed by atoms with van der Waals surface area (Å²) in [6.45, 7) is 2.85. The van der Waals surface area contributed by atoms with Gasteiger partial charge in [-0.15, -0.1) is 0 Å². The minimum atomic E-state index is -0.393. The first-order valence-electron chi connectivity index (χ1n) is 6.76. The van der Waals surface area contributed by atoms with E-state index in [-0.39, 0.29) is 12.3 Å². The summed E-state index contributed by atoms with van der Waals surface area (Å²) in [7, 11) is 0. The van der Waals surface area contributed by atoms with Crippen LogP contribution in [0.25, 0.3) is 0 Å². The normalized spacial score (nSPS) is 10.4. The molecule has 1 N–H and O–H groups in total. The summed E-state index contributed by atoms with van der Waals surface area (Å²) in [4.78, 5) is 12.5. The first kappa shape index (κ1) is 15.0. The predicted molar refractivity (Wildman–Crippen MR) is 82.4 cm³/mol. The van der Waals surface area contributed by atoms with Crippen LogP contribution in [-0.2, 0) is 6.54 Å². The standard InChI is InChI=1S/C16H18N2O3/c1-13-9-15(11-16(10-13)18(20)21)17(7-8-19)12-14-5-3-2-4-6-14/h2-6,9-11,19H,7-8,12H2,1H3. The van der Waals surface area contributed by atoms with Crippen LogP contribution in [0, 0.1) is 17.0 Å². The molecule has 2 rings (SSSR count). The molecular formula is C16H18N2O3. The highest BCUT2D eigenvalue weighted by molar-refractivity contribution is 5.56. The van der Waals surface area contributed by atoms with Crippen molar-refractivity contribution in [3.8, 4) is 0 Å². The third kappa shape index (κ3) is 4.03. The molecule has 0 heterocycles. The molecule has 0 aromatic heterocycles. The number of benzene rings is 2. The van der Waals surface area contributed by atoms with E-state index in [0.717, 1.165) is 16.8 Å². The lowest BCUT2D eigenvalue weighted by Crippen LogP contribution is -2.26. The summed E-state index contributed by atoms with van der Waals surface area (Å²) in [5.74, 6) is 0. The summed E-state index contributed by atoms with van der Waals surface area (Å²) in [6, 6.07) is 14.8. The van der Waals surface area contributed by atoms with Crippen molar-refractivity contribution < 1.29 is 10.0 Å². The topological polar surface area (TPSA) is 66.6 Å². The lowest BCUT2D eigenvalue weighted by atomic mass is 10.1. The van der Waals surface area contributed by atoms with Gasteiger partial charge in [0.1, 0.15) is 0 Å². The molecule has 0 unspecified atom stereocenters. The second-order valence-electron chi connectivity index (χ2n) is 4.91. The molecular weight excluding hydrogens is 268 g/mol. The van der Waals surface area contributed by atoms with Crippen LogP contribution in [0.5, 0.6) is 0 Å². The van der Waals surface area contributed by atoms with Crippen molar-refractivity contribution in [3.05, 3.63) is 69.8 Å². The Labute approximate surface area is 123 Å². The van der Waals surface area contributed by atoms with Gasteiger partial charge in [-0.1, -0.05) is 30.3 Å². The highest BCUT2D eigenvalue weighted by atomic mass is 16.6. The number of aliphatic hydroxyl groups is 1. The fraction of sp³-hybridized carbons (Fsp3) is 0.250. The zero-order chi connectivity index (χ0) is 15.2. The van der Waals surface area contributed by atoms with Crippen molar-refractivity contribution >= 4 is 11.4 Å². The van der Waals surface area contributed by atoms with Crippen molar-refractivity contribution in [3.63, 3.8) is 0 Å². The molecule has 0 aliphatic heterocycles. The second kappa shape index (κ2) is 6.85. The SMILES string of the molecule is Cc1cc(N(CCO)Cc2ccccc2)cc([N+](=O)[O-])c1. The highest BCUT2D eigenvalue weighted by Crippen LogP contribution is 2.25. The van der Waals surface area contributed by atoms with Gasteiger partial charge in [0, 0.05) is 30.9 Å². The Balaban J connectivity index is 2.31. The molecule has 110 valence electrons. The van der Waals surface area contributed by atoms with Gasteiger partial charge in [0.05, 0.1) is 11.5 Å². The van der Waals surface area contributed by atoms with E-state index in [1.54, 1.807) is 12.1 Å². The maximum absolute atomic E-state index is 11.0. The Morgan fingerprint density at radius 3 is 2.52 bits per heavy atom. The van der Waals surface area contributed by atoms with Crippen LogP contribution in [0.15, 0.2) is 48.5 Å². The van der Waals surface area contributed by atoms with Crippen LogP contribution < -0.4 is 4.90 Å². The van der Waals surface area contributed by atoms with Crippen molar-refractivity contribution in [2.45, 2.75) is 13.5 Å². The first-order valence-corrected chi connectivity index (χ1v) is 6.76. The van der Waals surface area contributed by atoms with Crippen LogP contribution in [0.2, 0.25) is 0 Å². The van der Waals surface area contributed by atoms with Crippen LogP contribution >= 0.6 is 0 Å². The van der Waals surface area contributed by atoms with Gasteiger partial charge in [0.2, 0.25) is 0 Å². The van der Waals surface area contributed by atoms with E-state index in [1.165, 1.54) is 0 Å². The summed E-state index contributed by atoms with van der Waals surface area (Å²) in [6.07, 6.45) is 0. The first-order chi connectivity index (χ1) is 10.1. The Kier molecular flexibility index (Phi) is 4.90. The molecule has 0 spiro atoms. The minimum Gasteiger partial charge on any atom is -0.395 e. The van der Waals surface area contributed by atoms with Gasteiger partial charge in [-0.3, -0.25) is 10.1 Å². The molecule has 0 amide bonds. The van der Waals surface area contributed by atoms with Gasteiger partial charge in [-0.25, -0.2) is 0 Å². The molecule has 2 aromatic rings. The van der Waals surface area contributed by atoms with E-state index in [0.29, 0.717) is 13.1 Å². The molecule has 0 bridgehead atoms. The van der Waals surface area contributed by atoms with Crippen molar-refractivity contribution in [2.24, 2.45) is 0 Å². The van der Waals surface area contributed by atoms with Gasteiger partial charge >= 0.3 is 0 Å². The van der Waals surface area contributed by atoms with Crippen LogP contribution in [0.3, 0.4) is 0 Å². The predicted octanol–water partition coefficient (Wildman–Crippen LogP) is 2.90. The zero-order valence-corrected chi connectivity index (χ0v) is 11.9. The lowest BCUT2D eigenvalue weighted by molar-refractivity contribution is -0.384. The van der Waals surface area contributed by atoms with E-state index < -0.39 is 4.92 Å². The van der Waals surface area contributed by atoms with E-state index >= 15 is 0 Å². The summed E-state index contributed by atoms with van der Waals surface area (Å²) in [5.41, 5.74) is 2.74. The molecule has 0 atom stereocenters. The Morgan fingerprint density at radius 2 is 1.90 bits per heavy atom. The van der Waals surface area contributed by atoms with E-state index in [1.807, 2.05) is 48.2 Å². The quantitative estimate of drug-likeness (QED) is 0.655. The molecule has 0 fully saturated rings. The van der Waals surface area contributed by atoms with E-state index in [2.05, 4.69) is 0 Å². The van der Waals surface area contributed by atoms with Crippen molar-refractivity contribution in [1.29, 1.82) is 0 Å². The maximum Gasteiger partial charge on any atom is 0.271 e. The number of aryl methyl sites for hydroxylation is 1. The number of hydrogen-bond donors (Lipinski definition) is 1. The second-order valence-corrected chi connectivity index (χ2v) is 4.91. The number of anilines is 1. The average Bonchev–Trinajstić information content (AvgIpc) is 2.47. The minimum absolute atomic E-state index is 0.00538. The average molecular weight is 286 g/mol. The molecule has 2 aromatic carbocycles. The number of nitro groups is 1. The Hall–Kier alpha value is -2.40. The number of hydrogen-bond acceptors (Lipinski definition) is 4. The van der Waals surface area contributed by atoms with E-state index in [4.69, 9.17) is 0 Å². The molecule has 0 aliphatic carbocycles. The largest absolute Gasteiger partial charge is 0.395 e. The molecule has 0 radical (unpaired) electrons. The Bertz CT molecular complexity index is 614. The Morgan fingerprint density at radius 1 is 1.19 bits per heavy atom. The number of non-ortho nitro benzene ring substituents is 1. The monoisotopic (exact) mass is 286 g/mol. The van der Waals surface area contributed by atoms with Crippen LogP contribution in [0.1, 0.15) is 11.1 Å².